The van der Waals surface area contributed by atoms with Crippen LogP contribution in [0.2, 0.25) is 0 Å². The van der Waals surface area contributed by atoms with Crippen molar-refractivity contribution < 1.29 is 23.9 Å². The summed E-state index contributed by atoms with van der Waals surface area (Å²) in [4.78, 5) is 36.0. The van der Waals surface area contributed by atoms with E-state index in [0.29, 0.717) is 12.8 Å². The van der Waals surface area contributed by atoms with E-state index in [1.165, 1.54) is 19.8 Å². The first kappa shape index (κ1) is 17.2. The molecule has 23 heavy (non-hydrogen) atoms. The first-order valence-corrected chi connectivity index (χ1v) is 7.81. The van der Waals surface area contributed by atoms with Crippen LogP contribution in [0.3, 0.4) is 0 Å². The quantitative estimate of drug-likeness (QED) is 0.594. The second-order valence-electron chi connectivity index (χ2n) is 5.85. The van der Waals surface area contributed by atoms with Crippen LogP contribution in [0.4, 0.5) is 0 Å². The minimum absolute atomic E-state index is 0.164. The lowest BCUT2D eigenvalue weighted by molar-refractivity contribution is -0.152. The lowest BCUT2D eigenvalue weighted by atomic mass is 9.90. The molecule has 0 spiro atoms. The second kappa shape index (κ2) is 7.90. The zero-order valence-electron chi connectivity index (χ0n) is 13.5. The molecule has 0 heterocycles. The number of aryl methyl sites for hydroxylation is 1. The van der Waals surface area contributed by atoms with Crippen molar-refractivity contribution in [1.29, 1.82) is 0 Å². The van der Waals surface area contributed by atoms with Gasteiger partial charge in [-0.2, -0.15) is 0 Å². The fourth-order valence-electron chi connectivity index (χ4n) is 3.29. The third-order valence-corrected chi connectivity index (χ3v) is 4.48. The van der Waals surface area contributed by atoms with Gasteiger partial charge in [0.25, 0.3) is 0 Å². The molecule has 5 heteroatoms. The molecule has 0 radical (unpaired) electrons. The van der Waals surface area contributed by atoms with Gasteiger partial charge in [0, 0.05) is 0 Å². The molecule has 1 fully saturated rings. The summed E-state index contributed by atoms with van der Waals surface area (Å²) in [5.41, 5.74) is 1.22. The highest BCUT2D eigenvalue weighted by molar-refractivity contribution is 6.10. The Balaban J connectivity index is 2.01. The number of rotatable bonds is 6. The minimum atomic E-state index is -0.847. The molecule has 1 aliphatic carbocycles. The molecule has 1 saturated carbocycles. The number of Topliss-reactive ketones (excluding diaryl/α,β-unsaturated/α-hetero) is 1. The third-order valence-electron chi connectivity index (χ3n) is 4.48. The Bertz CT molecular complexity index is 566. The lowest BCUT2D eigenvalue weighted by Gasteiger charge is -2.15. The second-order valence-corrected chi connectivity index (χ2v) is 5.85. The Hall–Kier alpha value is -2.17. The Morgan fingerprint density at radius 3 is 2.35 bits per heavy atom. The van der Waals surface area contributed by atoms with Crippen LogP contribution >= 0.6 is 0 Å². The van der Waals surface area contributed by atoms with Gasteiger partial charge in [0.1, 0.15) is 11.8 Å². The lowest BCUT2D eigenvalue weighted by Crippen LogP contribution is -2.30. The smallest absolute Gasteiger partial charge is 0.316 e. The summed E-state index contributed by atoms with van der Waals surface area (Å²) in [6.07, 6.45) is 2.79. The minimum Gasteiger partial charge on any atom is -0.468 e. The maximum atomic E-state index is 12.3. The van der Waals surface area contributed by atoms with Crippen molar-refractivity contribution in [1.82, 2.24) is 0 Å². The van der Waals surface area contributed by atoms with Gasteiger partial charge in [0.05, 0.1) is 14.2 Å². The molecule has 0 saturated heterocycles. The Morgan fingerprint density at radius 2 is 1.74 bits per heavy atom. The number of esters is 2. The fraction of sp³-hybridized carbons (Fsp3) is 0.500. The third kappa shape index (κ3) is 3.97. The standard InChI is InChI=1S/C18H22O5/c1-22-17(20)14-11-13(15(16(14)19)18(21)23-2)10-6-9-12-7-4-3-5-8-12/h3-5,7-8,13-15H,6,9-11H2,1-2H3. The van der Waals surface area contributed by atoms with Crippen molar-refractivity contribution in [2.24, 2.45) is 17.8 Å². The Morgan fingerprint density at radius 1 is 1.09 bits per heavy atom. The molecule has 1 aromatic rings. The molecule has 0 N–H and O–H groups in total. The number of hydrogen-bond donors (Lipinski definition) is 0. The van der Waals surface area contributed by atoms with Gasteiger partial charge >= 0.3 is 11.9 Å². The van der Waals surface area contributed by atoms with Gasteiger partial charge in [-0.25, -0.2) is 0 Å². The largest absolute Gasteiger partial charge is 0.468 e. The molecular formula is C18H22O5. The van der Waals surface area contributed by atoms with E-state index in [-0.39, 0.29) is 11.7 Å². The van der Waals surface area contributed by atoms with Gasteiger partial charge in [0.15, 0.2) is 5.78 Å². The highest BCUT2D eigenvalue weighted by Gasteiger charge is 2.49. The van der Waals surface area contributed by atoms with Crippen LogP contribution < -0.4 is 0 Å². The van der Waals surface area contributed by atoms with E-state index in [4.69, 9.17) is 4.74 Å². The zero-order valence-corrected chi connectivity index (χ0v) is 13.5. The number of methoxy groups -OCH3 is 2. The Kier molecular flexibility index (Phi) is 5.90. The first-order chi connectivity index (χ1) is 11.1. The van der Waals surface area contributed by atoms with E-state index in [1.54, 1.807) is 0 Å². The molecule has 0 bridgehead atoms. The van der Waals surface area contributed by atoms with E-state index < -0.39 is 23.8 Å². The summed E-state index contributed by atoms with van der Waals surface area (Å²) in [5, 5.41) is 0. The van der Waals surface area contributed by atoms with Crippen molar-refractivity contribution in [3.8, 4) is 0 Å². The summed E-state index contributed by atoms with van der Waals surface area (Å²) >= 11 is 0. The van der Waals surface area contributed by atoms with Gasteiger partial charge in [-0.1, -0.05) is 30.3 Å². The van der Waals surface area contributed by atoms with Gasteiger partial charge in [-0.05, 0) is 37.2 Å². The molecule has 3 unspecified atom stereocenters. The first-order valence-electron chi connectivity index (χ1n) is 7.81. The average molecular weight is 318 g/mol. The molecule has 5 nitrogen and oxygen atoms in total. The van der Waals surface area contributed by atoms with Gasteiger partial charge in [0.2, 0.25) is 0 Å². The van der Waals surface area contributed by atoms with Crippen LogP contribution in [0.15, 0.2) is 30.3 Å². The number of carbonyl (C=O) groups is 3. The highest BCUT2D eigenvalue weighted by Crippen LogP contribution is 2.38. The Labute approximate surface area is 136 Å². The molecule has 0 aromatic heterocycles. The van der Waals surface area contributed by atoms with Crippen LogP contribution in [0.5, 0.6) is 0 Å². The zero-order chi connectivity index (χ0) is 16.8. The molecule has 0 aliphatic heterocycles. The molecule has 0 amide bonds. The van der Waals surface area contributed by atoms with Crippen LogP contribution in [0, 0.1) is 17.8 Å². The van der Waals surface area contributed by atoms with Gasteiger partial charge in [-0.3, -0.25) is 14.4 Å². The fourth-order valence-corrected chi connectivity index (χ4v) is 3.29. The van der Waals surface area contributed by atoms with E-state index in [0.717, 1.165) is 12.8 Å². The molecule has 3 atom stereocenters. The molecule has 2 rings (SSSR count). The summed E-state index contributed by atoms with van der Waals surface area (Å²) in [6.45, 7) is 0. The summed E-state index contributed by atoms with van der Waals surface area (Å²) in [7, 11) is 2.52. The SMILES string of the molecule is COC(=O)C1CC(CCCc2ccccc2)C(C(=O)OC)C1=O. The van der Waals surface area contributed by atoms with Crippen LogP contribution in [0.1, 0.15) is 24.8 Å². The van der Waals surface area contributed by atoms with E-state index in [1.807, 2.05) is 18.2 Å². The molecule has 124 valence electrons. The number of benzene rings is 1. The van der Waals surface area contributed by atoms with Crippen molar-refractivity contribution in [2.75, 3.05) is 14.2 Å². The van der Waals surface area contributed by atoms with Gasteiger partial charge < -0.3 is 9.47 Å². The normalized spacial score (nSPS) is 23.6. The maximum Gasteiger partial charge on any atom is 0.316 e. The maximum absolute atomic E-state index is 12.3. The molecule has 1 aromatic carbocycles. The summed E-state index contributed by atoms with van der Waals surface area (Å²) in [6, 6.07) is 10.0. The van der Waals surface area contributed by atoms with E-state index >= 15 is 0 Å². The van der Waals surface area contributed by atoms with Crippen molar-refractivity contribution >= 4 is 17.7 Å². The monoisotopic (exact) mass is 318 g/mol. The van der Waals surface area contributed by atoms with Crippen molar-refractivity contribution in [2.45, 2.75) is 25.7 Å². The topological polar surface area (TPSA) is 69.7 Å². The van der Waals surface area contributed by atoms with Gasteiger partial charge in [-0.15, -0.1) is 0 Å². The number of ether oxygens (including phenoxy) is 2. The predicted octanol–water partition coefficient (Wildman–Crippen LogP) is 2.18. The number of carbonyl (C=O) groups excluding carboxylic acids is 3. The van der Waals surface area contributed by atoms with Crippen LogP contribution in [-0.4, -0.2) is 31.9 Å². The van der Waals surface area contributed by atoms with Crippen LogP contribution in [-0.2, 0) is 30.3 Å². The van der Waals surface area contributed by atoms with Crippen molar-refractivity contribution in [3.05, 3.63) is 35.9 Å². The van der Waals surface area contributed by atoms with E-state index in [9.17, 15) is 14.4 Å². The molecular weight excluding hydrogens is 296 g/mol. The summed E-state index contributed by atoms with van der Waals surface area (Å²) in [5.74, 6) is -3.33. The number of ketones is 1. The predicted molar refractivity (Wildman–Crippen MR) is 83.5 cm³/mol. The summed E-state index contributed by atoms with van der Waals surface area (Å²) < 4.78 is 9.43. The molecule has 1 aliphatic rings. The number of hydrogen-bond acceptors (Lipinski definition) is 5. The average Bonchev–Trinajstić information content (AvgIpc) is 2.91. The van der Waals surface area contributed by atoms with Crippen molar-refractivity contribution in [3.63, 3.8) is 0 Å². The highest BCUT2D eigenvalue weighted by atomic mass is 16.5. The van der Waals surface area contributed by atoms with E-state index in [2.05, 4.69) is 16.9 Å². The van der Waals surface area contributed by atoms with Crippen LogP contribution in [0.25, 0.3) is 0 Å².